The van der Waals surface area contributed by atoms with E-state index in [2.05, 4.69) is 0 Å². The summed E-state index contributed by atoms with van der Waals surface area (Å²) in [6.07, 6.45) is -0.833. The highest BCUT2D eigenvalue weighted by Gasteiger charge is 2.38. The lowest BCUT2D eigenvalue weighted by Crippen LogP contribution is -2.57. The topological polar surface area (TPSA) is 85.3 Å². The van der Waals surface area contributed by atoms with Crippen molar-refractivity contribution >= 4 is 11.9 Å². The molecule has 1 aromatic carbocycles. The van der Waals surface area contributed by atoms with Crippen LogP contribution in [0, 0.1) is 0 Å². The van der Waals surface area contributed by atoms with Crippen LogP contribution in [0.15, 0.2) is 24.3 Å². The van der Waals surface area contributed by atoms with Crippen LogP contribution < -0.4 is 9.47 Å². The minimum atomic E-state index is -1.08. The van der Waals surface area contributed by atoms with Crippen LogP contribution in [-0.4, -0.2) is 60.4 Å². The maximum atomic E-state index is 12.5. The van der Waals surface area contributed by atoms with Crippen molar-refractivity contribution in [3.05, 3.63) is 24.3 Å². The SMILES string of the molecule is O=C(O)C1COCCN1C(=O)C1COc2ccccc2O1. The molecule has 7 nitrogen and oxygen atoms in total. The summed E-state index contributed by atoms with van der Waals surface area (Å²) in [7, 11) is 0. The zero-order valence-electron chi connectivity index (χ0n) is 11.2. The van der Waals surface area contributed by atoms with E-state index in [4.69, 9.17) is 19.3 Å². The molecule has 1 saturated heterocycles. The normalized spacial score (nSPS) is 24.5. The minimum Gasteiger partial charge on any atom is -0.485 e. The van der Waals surface area contributed by atoms with Crippen LogP contribution in [0.5, 0.6) is 11.5 Å². The van der Waals surface area contributed by atoms with Crippen molar-refractivity contribution < 1.29 is 28.9 Å². The Morgan fingerprint density at radius 1 is 1.19 bits per heavy atom. The lowest BCUT2D eigenvalue weighted by molar-refractivity contribution is -0.163. The Morgan fingerprint density at radius 3 is 2.71 bits per heavy atom. The van der Waals surface area contributed by atoms with Crippen LogP contribution in [0.2, 0.25) is 0 Å². The van der Waals surface area contributed by atoms with Gasteiger partial charge in [0.15, 0.2) is 17.5 Å². The monoisotopic (exact) mass is 293 g/mol. The molecular weight excluding hydrogens is 278 g/mol. The fraction of sp³-hybridized carbons (Fsp3) is 0.429. The second-order valence-corrected chi connectivity index (χ2v) is 4.82. The van der Waals surface area contributed by atoms with Crippen LogP contribution >= 0.6 is 0 Å². The predicted octanol–water partition coefficient (Wildman–Crippen LogP) is 0.138. The van der Waals surface area contributed by atoms with E-state index in [-0.39, 0.29) is 25.7 Å². The first-order valence-corrected chi connectivity index (χ1v) is 6.66. The largest absolute Gasteiger partial charge is 0.485 e. The van der Waals surface area contributed by atoms with Crippen LogP contribution in [-0.2, 0) is 14.3 Å². The second-order valence-electron chi connectivity index (χ2n) is 4.82. The van der Waals surface area contributed by atoms with Crippen molar-refractivity contribution in [3.63, 3.8) is 0 Å². The summed E-state index contributed by atoms with van der Waals surface area (Å²) in [4.78, 5) is 25.0. The Labute approximate surface area is 121 Å². The Hall–Kier alpha value is -2.28. The standard InChI is InChI=1S/C14H15NO6/c16-13(15-5-6-19-7-9(15)14(17)18)12-8-20-10-3-1-2-4-11(10)21-12/h1-4,9,12H,5-8H2,(H,17,18). The molecule has 0 aromatic heterocycles. The first-order chi connectivity index (χ1) is 10.2. The van der Waals surface area contributed by atoms with E-state index in [1.54, 1.807) is 18.2 Å². The molecule has 0 radical (unpaired) electrons. The molecule has 112 valence electrons. The maximum Gasteiger partial charge on any atom is 0.328 e. The van der Waals surface area contributed by atoms with E-state index in [0.717, 1.165) is 0 Å². The molecular formula is C14H15NO6. The van der Waals surface area contributed by atoms with Gasteiger partial charge < -0.3 is 24.2 Å². The number of fused-ring (bicyclic) bond motifs is 1. The molecule has 2 atom stereocenters. The van der Waals surface area contributed by atoms with Gasteiger partial charge in [-0.1, -0.05) is 12.1 Å². The lowest BCUT2D eigenvalue weighted by atomic mass is 10.2. The van der Waals surface area contributed by atoms with Gasteiger partial charge in [0.25, 0.3) is 5.91 Å². The number of ether oxygens (including phenoxy) is 3. The molecule has 2 heterocycles. The van der Waals surface area contributed by atoms with Crippen molar-refractivity contribution in [2.75, 3.05) is 26.4 Å². The Morgan fingerprint density at radius 2 is 1.95 bits per heavy atom. The van der Waals surface area contributed by atoms with E-state index in [1.165, 1.54) is 4.90 Å². The number of hydrogen-bond acceptors (Lipinski definition) is 5. The second kappa shape index (κ2) is 5.61. The van der Waals surface area contributed by atoms with Crippen LogP contribution in [0.25, 0.3) is 0 Å². The van der Waals surface area contributed by atoms with Crippen LogP contribution in [0.1, 0.15) is 0 Å². The molecule has 2 aliphatic heterocycles. The summed E-state index contributed by atoms with van der Waals surface area (Å²) in [6.45, 7) is 0.613. The van der Waals surface area contributed by atoms with Gasteiger partial charge >= 0.3 is 5.97 Å². The Balaban J connectivity index is 1.75. The molecule has 0 saturated carbocycles. The zero-order valence-corrected chi connectivity index (χ0v) is 11.2. The summed E-state index contributed by atoms with van der Waals surface area (Å²) in [5, 5.41) is 9.17. The Kier molecular flexibility index (Phi) is 3.66. The number of benzene rings is 1. The maximum absolute atomic E-state index is 12.5. The summed E-state index contributed by atoms with van der Waals surface area (Å²) in [6, 6.07) is 6.08. The summed E-state index contributed by atoms with van der Waals surface area (Å²) in [5.74, 6) is -0.402. The van der Waals surface area contributed by atoms with Gasteiger partial charge in [0.2, 0.25) is 6.10 Å². The molecule has 1 amide bonds. The quantitative estimate of drug-likeness (QED) is 0.835. The summed E-state index contributed by atoms with van der Waals surface area (Å²) < 4.78 is 16.2. The number of carboxylic acids is 1. The number of carbonyl (C=O) groups excluding carboxylic acids is 1. The van der Waals surface area contributed by atoms with Gasteiger partial charge in [0, 0.05) is 6.54 Å². The number of hydrogen-bond donors (Lipinski definition) is 1. The molecule has 3 rings (SSSR count). The minimum absolute atomic E-state index is 0.00869. The molecule has 1 N–H and O–H groups in total. The van der Waals surface area contributed by atoms with Gasteiger partial charge in [0.05, 0.1) is 13.2 Å². The van der Waals surface area contributed by atoms with Crippen molar-refractivity contribution in [2.24, 2.45) is 0 Å². The number of carboxylic acid groups (broad SMARTS) is 1. The average Bonchev–Trinajstić information content (AvgIpc) is 2.53. The highest BCUT2D eigenvalue weighted by molar-refractivity contribution is 5.87. The van der Waals surface area contributed by atoms with E-state index in [1.807, 2.05) is 6.07 Å². The summed E-state index contributed by atoms with van der Waals surface area (Å²) >= 11 is 0. The lowest BCUT2D eigenvalue weighted by Gasteiger charge is -2.36. The van der Waals surface area contributed by atoms with Crippen molar-refractivity contribution in [3.8, 4) is 11.5 Å². The van der Waals surface area contributed by atoms with Gasteiger partial charge in [-0.15, -0.1) is 0 Å². The Bertz CT molecular complexity index is 560. The molecule has 1 fully saturated rings. The highest BCUT2D eigenvalue weighted by Crippen LogP contribution is 2.31. The number of para-hydroxylation sites is 2. The van der Waals surface area contributed by atoms with Gasteiger partial charge in [-0.2, -0.15) is 0 Å². The van der Waals surface area contributed by atoms with E-state index in [9.17, 15) is 9.59 Å². The fourth-order valence-electron chi connectivity index (χ4n) is 2.40. The van der Waals surface area contributed by atoms with Crippen LogP contribution in [0.3, 0.4) is 0 Å². The number of carbonyl (C=O) groups is 2. The van der Waals surface area contributed by atoms with Gasteiger partial charge in [0.1, 0.15) is 6.61 Å². The smallest absolute Gasteiger partial charge is 0.328 e. The van der Waals surface area contributed by atoms with E-state index >= 15 is 0 Å². The molecule has 21 heavy (non-hydrogen) atoms. The number of nitrogens with zero attached hydrogens (tertiary/aromatic N) is 1. The van der Waals surface area contributed by atoms with Crippen molar-refractivity contribution in [1.82, 2.24) is 4.90 Å². The number of rotatable bonds is 2. The fourth-order valence-corrected chi connectivity index (χ4v) is 2.40. The van der Waals surface area contributed by atoms with Crippen LogP contribution in [0.4, 0.5) is 0 Å². The van der Waals surface area contributed by atoms with Crippen molar-refractivity contribution in [1.29, 1.82) is 0 Å². The molecule has 0 bridgehead atoms. The third-order valence-corrected chi connectivity index (χ3v) is 3.48. The first-order valence-electron chi connectivity index (χ1n) is 6.66. The molecule has 2 unspecified atom stereocenters. The number of morpholine rings is 1. The molecule has 2 aliphatic rings. The van der Waals surface area contributed by atoms with E-state index < -0.39 is 18.1 Å². The highest BCUT2D eigenvalue weighted by atomic mass is 16.6. The summed E-state index contributed by atoms with van der Waals surface area (Å²) in [5.41, 5.74) is 0. The third-order valence-electron chi connectivity index (χ3n) is 3.48. The molecule has 0 aliphatic carbocycles. The first kappa shape index (κ1) is 13.7. The number of amides is 1. The molecule has 7 heteroatoms. The zero-order chi connectivity index (χ0) is 14.8. The van der Waals surface area contributed by atoms with Gasteiger partial charge in [-0.3, -0.25) is 4.79 Å². The molecule has 1 aromatic rings. The number of aliphatic carboxylic acids is 1. The van der Waals surface area contributed by atoms with Gasteiger partial charge in [-0.05, 0) is 12.1 Å². The van der Waals surface area contributed by atoms with E-state index in [0.29, 0.717) is 18.1 Å². The third kappa shape index (κ3) is 2.64. The predicted molar refractivity (Wildman–Crippen MR) is 70.3 cm³/mol. The average molecular weight is 293 g/mol. The van der Waals surface area contributed by atoms with Gasteiger partial charge in [-0.25, -0.2) is 4.79 Å². The van der Waals surface area contributed by atoms with Crippen molar-refractivity contribution in [2.45, 2.75) is 12.1 Å². The molecule has 0 spiro atoms.